The lowest BCUT2D eigenvalue weighted by atomic mass is 9.88. The fourth-order valence-corrected chi connectivity index (χ4v) is 6.26. The Morgan fingerprint density at radius 2 is 1.60 bits per heavy atom. The van der Waals surface area contributed by atoms with Crippen molar-refractivity contribution in [1.29, 1.82) is 0 Å². The summed E-state index contributed by atoms with van der Waals surface area (Å²) in [6.07, 6.45) is 3.85. The number of benzene rings is 3. The second kappa shape index (κ2) is 9.59. The van der Waals surface area contributed by atoms with Gasteiger partial charge in [0.05, 0.1) is 23.6 Å². The first kappa shape index (κ1) is 25.7. The van der Waals surface area contributed by atoms with Crippen LogP contribution in [-0.4, -0.2) is 35.7 Å². The number of carbonyl (C=O) groups excluding carboxylic acids is 4. The Balaban J connectivity index is 1.43. The van der Waals surface area contributed by atoms with E-state index in [1.807, 2.05) is 80.3 Å². The topological polar surface area (TPSA) is 84.0 Å². The monoisotopic (exact) mass is 534 g/mol. The Hall–Kier alpha value is -4.52. The van der Waals surface area contributed by atoms with Gasteiger partial charge in [0.2, 0.25) is 11.8 Å². The zero-order valence-corrected chi connectivity index (χ0v) is 22.8. The standard InChI is InChI=1S/C33H30N2O5/c1-18(2)24-15-9-19(3)17-27(24)40-33(39)30-29-28(26-16-12-22-7-5-6-8-25(22)35(26)30)31(37)34(32(29)38)23-13-10-21(11-14-23)20(4)36/h5-18,26,28-30H,1-4H3/t26-,28-,29-,30-/m0/s1. The number of para-hydroxylation sites is 1. The zero-order chi connectivity index (χ0) is 28.3. The van der Waals surface area contributed by atoms with Gasteiger partial charge in [0.15, 0.2) is 5.78 Å². The number of ketones is 1. The second-order valence-corrected chi connectivity index (χ2v) is 11.0. The molecular formula is C33H30N2O5. The molecule has 0 spiro atoms. The van der Waals surface area contributed by atoms with E-state index in [0.717, 1.165) is 27.3 Å². The fourth-order valence-electron chi connectivity index (χ4n) is 6.26. The molecule has 2 fully saturated rings. The summed E-state index contributed by atoms with van der Waals surface area (Å²) in [7, 11) is 0. The number of anilines is 2. The molecule has 202 valence electrons. The second-order valence-electron chi connectivity index (χ2n) is 11.0. The predicted octanol–water partition coefficient (Wildman–Crippen LogP) is 5.32. The van der Waals surface area contributed by atoms with Gasteiger partial charge in [-0.3, -0.25) is 14.4 Å². The fraction of sp³-hybridized carbons (Fsp3) is 0.273. The van der Waals surface area contributed by atoms with Crippen molar-refractivity contribution < 1.29 is 23.9 Å². The number of hydrogen-bond donors (Lipinski definition) is 0. The first-order chi connectivity index (χ1) is 19.2. The highest BCUT2D eigenvalue weighted by atomic mass is 16.5. The lowest BCUT2D eigenvalue weighted by molar-refractivity contribution is -0.139. The van der Waals surface area contributed by atoms with E-state index < -0.39 is 35.8 Å². The number of aryl methyl sites for hydroxylation is 1. The Morgan fingerprint density at radius 3 is 2.30 bits per heavy atom. The summed E-state index contributed by atoms with van der Waals surface area (Å²) in [5.74, 6) is -2.58. The molecule has 0 radical (unpaired) electrons. The van der Waals surface area contributed by atoms with Crippen molar-refractivity contribution in [2.24, 2.45) is 11.8 Å². The SMILES string of the molecule is CC(=O)c1ccc(N2C(=O)[C@@H]3[C@H](C2=O)[C@@H](C(=O)Oc2cc(C)ccc2C(C)C)N2c4ccccc4C=C[C@@H]32)cc1. The summed E-state index contributed by atoms with van der Waals surface area (Å²) in [6, 6.07) is 18.4. The van der Waals surface area contributed by atoms with E-state index in [2.05, 4.69) is 0 Å². The van der Waals surface area contributed by atoms with Gasteiger partial charge in [-0.25, -0.2) is 9.69 Å². The third-order valence-corrected chi connectivity index (χ3v) is 8.19. The van der Waals surface area contributed by atoms with E-state index in [1.54, 1.807) is 24.3 Å². The van der Waals surface area contributed by atoms with Crippen LogP contribution in [0, 0.1) is 18.8 Å². The quantitative estimate of drug-likeness (QED) is 0.191. The van der Waals surface area contributed by atoms with E-state index in [9.17, 15) is 19.2 Å². The minimum absolute atomic E-state index is 0.108. The number of amides is 2. The van der Waals surface area contributed by atoms with Crippen LogP contribution in [0.5, 0.6) is 5.75 Å². The molecule has 0 N–H and O–H groups in total. The molecule has 0 aromatic heterocycles. The van der Waals surface area contributed by atoms with Crippen LogP contribution in [0.2, 0.25) is 0 Å². The van der Waals surface area contributed by atoms with Crippen molar-refractivity contribution in [3.05, 3.63) is 95.1 Å². The third-order valence-electron chi connectivity index (χ3n) is 8.19. The van der Waals surface area contributed by atoms with E-state index in [-0.39, 0.29) is 17.6 Å². The highest BCUT2D eigenvalue weighted by Crippen LogP contribution is 2.49. The first-order valence-electron chi connectivity index (χ1n) is 13.5. The van der Waals surface area contributed by atoms with Crippen LogP contribution < -0.4 is 14.5 Å². The Labute approximate surface area is 233 Å². The van der Waals surface area contributed by atoms with Crippen molar-refractivity contribution in [3.8, 4) is 5.75 Å². The van der Waals surface area contributed by atoms with Crippen molar-refractivity contribution in [2.75, 3.05) is 9.80 Å². The van der Waals surface area contributed by atoms with Crippen LogP contribution in [-0.2, 0) is 14.4 Å². The van der Waals surface area contributed by atoms with Gasteiger partial charge in [0.1, 0.15) is 11.8 Å². The highest BCUT2D eigenvalue weighted by Gasteiger charge is 2.65. The Morgan fingerprint density at radius 1 is 0.900 bits per heavy atom. The van der Waals surface area contributed by atoms with E-state index >= 15 is 0 Å². The van der Waals surface area contributed by atoms with Gasteiger partial charge in [0.25, 0.3) is 0 Å². The van der Waals surface area contributed by atoms with Gasteiger partial charge >= 0.3 is 5.97 Å². The predicted molar refractivity (Wildman–Crippen MR) is 152 cm³/mol. The maximum Gasteiger partial charge on any atom is 0.335 e. The zero-order valence-electron chi connectivity index (χ0n) is 22.8. The molecule has 4 atom stereocenters. The van der Waals surface area contributed by atoms with Crippen molar-refractivity contribution >= 4 is 41.0 Å². The summed E-state index contributed by atoms with van der Waals surface area (Å²) in [5.41, 5.74) is 4.41. The van der Waals surface area contributed by atoms with Crippen molar-refractivity contribution in [1.82, 2.24) is 0 Å². The maximum atomic E-state index is 14.1. The van der Waals surface area contributed by atoms with Crippen LogP contribution >= 0.6 is 0 Å². The maximum absolute atomic E-state index is 14.1. The van der Waals surface area contributed by atoms with Crippen molar-refractivity contribution in [3.63, 3.8) is 0 Å². The molecule has 6 rings (SSSR count). The molecule has 7 nitrogen and oxygen atoms in total. The summed E-state index contributed by atoms with van der Waals surface area (Å²) in [6.45, 7) is 7.46. The molecule has 0 aliphatic carbocycles. The molecule has 3 aliphatic rings. The third kappa shape index (κ3) is 3.96. The van der Waals surface area contributed by atoms with Crippen LogP contribution in [0.25, 0.3) is 6.08 Å². The number of carbonyl (C=O) groups is 4. The Bertz CT molecular complexity index is 1590. The van der Waals surface area contributed by atoms with Gasteiger partial charge in [-0.15, -0.1) is 0 Å². The number of imide groups is 1. The molecule has 2 saturated heterocycles. The van der Waals surface area contributed by atoms with Crippen LogP contribution in [0.1, 0.15) is 53.7 Å². The molecule has 0 bridgehead atoms. The smallest absolute Gasteiger partial charge is 0.335 e. The molecule has 3 aliphatic heterocycles. The van der Waals surface area contributed by atoms with E-state index in [1.165, 1.54) is 6.92 Å². The minimum Gasteiger partial charge on any atom is -0.425 e. The molecule has 0 saturated carbocycles. The van der Waals surface area contributed by atoms with E-state index in [4.69, 9.17) is 4.74 Å². The van der Waals surface area contributed by atoms with Crippen LogP contribution in [0.15, 0.2) is 72.8 Å². The number of nitrogens with zero attached hydrogens (tertiary/aromatic N) is 2. The van der Waals surface area contributed by atoms with Gasteiger partial charge in [0, 0.05) is 11.3 Å². The number of fused-ring (bicyclic) bond motifs is 5. The molecule has 3 aromatic carbocycles. The first-order valence-corrected chi connectivity index (χ1v) is 13.5. The molecule has 3 heterocycles. The highest BCUT2D eigenvalue weighted by molar-refractivity contribution is 6.24. The van der Waals surface area contributed by atoms with Gasteiger partial charge < -0.3 is 9.64 Å². The van der Waals surface area contributed by atoms with Crippen LogP contribution in [0.4, 0.5) is 11.4 Å². The molecule has 0 unspecified atom stereocenters. The van der Waals surface area contributed by atoms with Crippen molar-refractivity contribution in [2.45, 2.75) is 45.7 Å². The lowest BCUT2D eigenvalue weighted by Crippen LogP contribution is -2.50. The number of esters is 1. The van der Waals surface area contributed by atoms with Gasteiger partial charge in [-0.1, -0.05) is 56.3 Å². The summed E-state index contributed by atoms with van der Waals surface area (Å²) in [4.78, 5) is 56.9. The molecular weight excluding hydrogens is 504 g/mol. The average Bonchev–Trinajstić information content (AvgIpc) is 3.41. The van der Waals surface area contributed by atoms with E-state index in [0.29, 0.717) is 17.0 Å². The number of ether oxygens (including phenoxy) is 1. The Kier molecular flexibility index (Phi) is 6.17. The normalized spacial score (nSPS) is 22.8. The lowest BCUT2D eigenvalue weighted by Gasteiger charge is -2.36. The number of rotatable bonds is 5. The number of hydrogen-bond acceptors (Lipinski definition) is 6. The molecule has 3 aromatic rings. The minimum atomic E-state index is -1.00. The largest absolute Gasteiger partial charge is 0.425 e. The van der Waals surface area contributed by atoms with Gasteiger partial charge in [-0.05, 0) is 72.9 Å². The molecule has 7 heteroatoms. The summed E-state index contributed by atoms with van der Waals surface area (Å²) >= 11 is 0. The van der Waals surface area contributed by atoms with Gasteiger partial charge in [-0.2, -0.15) is 0 Å². The molecule has 2 amide bonds. The number of Topliss-reactive ketones (excluding diaryl/α,β-unsaturated/α-hetero) is 1. The average molecular weight is 535 g/mol. The summed E-state index contributed by atoms with van der Waals surface area (Å²) in [5, 5.41) is 0. The molecule has 40 heavy (non-hydrogen) atoms. The summed E-state index contributed by atoms with van der Waals surface area (Å²) < 4.78 is 6.09. The van der Waals surface area contributed by atoms with Crippen LogP contribution in [0.3, 0.4) is 0 Å².